The lowest BCUT2D eigenvalue weighted by Gasteiger charge is -2.17. The summed E-state index contributed by atoms with van der Waals surface area (Å²) < 4.78 is 13.6. The highest BCUT2D eigenvalue weighted by atomic mass is 79.9. The van der Waals surface area contributed by atoms with Crippen molar-refractivity contribution in [1.29, 1.82) is 0 Å². The van der Waals surface area contributed by atoms with Gasteiger partial charge in [0.2, 0.25) is 5.91 Å². The van der Waals surface area contributed by atoms with Gasteiger partial charge < -0.3 is 20.1 Å². The van der Waals surface area contributed by atoms with E-state index in [-0.39, 0.29) is 38.2 Å². The molecule has 0 aliphatic rings. The van der Waals surface area contributed by atoms with Gasteiger partial charge >= 0.3 is 11.9 Å². The number of nitrogens with one attached hydrogen (secondary N) is 2. The number of fused-ring (bicyclic) bond motifs is 1. The topological polar surface area (TPSA) is 164 Å². The standard InChI is InChI=1S/C30H31BrN6O7/c1-4-43-25(39)15-14-23(30(42)44-5-2)34-28(40)19-6-10-21(11-7-19)33-24(38)16-36-17-32-27-26(29(36)41)18(3)35-37(27)22-12-8-20(31)9-13-22/h6-13,17,23H,4-5,14-16H2,1-3H3,(H,33,38)(H,34,40)/t23-/m1/s1. The van der Waals surface area contributed by atoms with Crippen molar-refractivity contribution >= 4 is 56.4 Å². The van der Waals surface area contributed by atoms with Crippen LogP contribution in [-0.4, -0.2) is 62.3 Å². The molecule has 2 amide bonds. The predicted octanol–water partition coefficient (Wildman–Crippen LogP) is 3.30. The molecule has 0 unspecified atom stereocenters. The first-order valence-corrected chi connectivity index (χ1v) is 14.6. The molecule has 0 fully saturated rings. The van der Waals surface area contributed by atoms with Crippen molar-refractivity contribution in [2.75, 3.05) is 18.5 Å². The maximum absolute atomic E-state index is 13.2. The normalized spacial score (nSPS) is 11.5. The number of aryl methyl sites for hydroxylation is 1. The summed E-state index contributed by atoms with van der Waals surface area (Å²) in [7, 11) is 0. The molecule has 0 spiro atoms. The molecule has 0 bridgehead atoms. The van der Waals surface area contributed by atoms with Crippen LogP contribution < -0.4 is 16.2 Å². The summed E-state index contributed by atoms with van der Waals surface area (Å²) in [5, 5.41) is 10.1. The molecule has 230 valence electrons. The Hall–Kier alpha value is -4.85. The molecule has 14 heteroatoms. The number of nitrogens with zero attached hydrogens (tertiary/aromatic N) is 4. The first kappa shape index (κ1) is 32.1. The van der Waals surface area contributed by atoms with Crippen LogP contribution in [0.25, 0.3) is 16.7 Å². The van der Waals surface area contributed by atoms with E-state index in [0.29, 0.717) is 22.4 Å². The van der Waals surface area contributed by atoms with Crippen molar-refractivity contribution < 1.29 is 28.7 Å². The van der Waals surface area contributed by atoms with Crippen LogP contribution in [0.5, 0.6) is 0 Å². The Bertz CT molecular complexity index is 1730. The Morgan fingerprint density at radius 3 is 2.32 bits per heavy atom. The van der Waals surface area contributed by atoms with E-state index >= 15 is 0 Å². The maximum Gasteiger partial charge on any atom is 0.328 e. The number of rotatable bonds is 12. The van der Waals surface area contributed by atoms with Crippen LogP contribution >= 0.6 is 15.9 Å². The van der Waals surface area contributed by atoms with E-state index in [1.165, 1.54) is 35.2 Å². The van der Waals surface area contributed by atoms with Gasteiger partial charge in [-0.15, -0.1) is 0 Å². The fourth-order valence-electron chi connectivity index (χ4n) is 4.37. The molecule has 13 nitrogen and oxygen atoms in total. The Morgan fingerprint density at radius 2 is 1.66 bits per heavy atom. The molecule has 2 aromatic carbocycles. The first-order valence-electron chi connectivity index (χ1n) is 13.8. The van der Waals surface area contributed by atoms with E-state index < -0.39 is 35.4 Å². The third-order valence-electron chi connectivity index (χ3n) is 6.47. The quantitative estimate of drug-likeness (QED) is 0.216. The smallest absolute Gasteiger partial charge is 0.328 e. The summed E-state index contributed by atoms with van der Waals surface area (Å²) in [4.78, 5) is 67.3. The van der Waals surface area contributed by atoms with E-state index in [1.54, 1.807) is 25.5 Å². The summed E-state index contributed by atoms with van der Waals surface area (Å²) in [6, 6.07) is 12.3. The van der Waals surface area contributed by atoms with Crippen molar-refractivity contribution in [1.82, 2.24) is 24.6 Å². The highest BCUT2D eigenvalue weighted by Gasteiger charge is 2.24. The lowest BCUT2D eigenvalue weighted by Crippen LogP contribution is -2.42. The molecule has 0 saturated heterocycles. The fraction of sp³-hybridized carbons (Fsp3) is 0.300. The number of hydrogen-bond acceptors (Lipinski definition) is 9. The molecule has 2 N–H and O–H groups in total. The van der Waals surface area contributed by atoms with Crippen LogP contribution in [0.15, 0.2) is 64.1 Å². The summed E-state index contributed by atoms with van der Waals surface area (Å²) in [5.41, 5.74) is 1.80. The number of benzene rings is 2. The molecule has 2 heterocycles. The molecule has 4 rings (SSSR count). The van der Waals surface area contributed by atoms with Gasteiger partial charge in [0, 0.05) is 22.1 Å². The molecule has 0 aliphatic heterocycles. The minimum atomic E-state index is -1.04. The average molecular weight is 668 g/mol. The van der Waals surface area contributed by atoms with E-state index in [1.807, 2.05) is 24.3 Å². The largest absolute Gasteiger partial charge is 0.466 e. The zero-order chi connectivity index (χ0) is 31.8. The second-order valence-electron chi connectivity index (χ2n) is 9.60. The minimum Gasteiger partial charge on any atom is -0.466 e. The van der Waals surface area contributed by atoms with Gasteiger partial charge in [-0.3, -0.25) is 23.7 Å². The lowest BCUT2D eigenvalue weighted by molar-refractivity contribution is -0.146. The number of halogens is 1. The number of aromatic nitrogens is 4. The summed E-state index contributed by atoms with van der Waals surface area (Å²) >= 11 is 3.40. The van der Waals surface area contributed by atoms with Gasteiger partial charge in [-0.1, -0.05) is 15.9 Å². The highest BCUT2D eigenvalue weighted by molar-refractivity contribution is 9.10. The van der Waals surface area contributed by atoms with Crippen LogP contribution in [0.3, 0.4) is 0 Å². The first-order chi connectivity index (χ1) is 21.1. The van der Waals surface area contributed by atoms with Crippen molar-refractivity contribution in [2.24, 2.45) is 0 Å². The molecular weight excluding hydrogens is 636 g/mol. The summed E-state index contributed by atoms with van der Waals surface area (Å²) in [6.07, 6.45) is 1.25. The van der Waals surface area contributed by atoms with Crippen LogP contribution in [0.1, 0.15) is 42.7 Å². The molecule has 0 aliphatic carbocycles. The van der Waals surface area contributed by atoms with Gasteiger partial charge in [-0.05, 0) is 75.7 Å². The molecular formula is C30H31BrN6O7. The van der Waals surface area contributed by atoms with E-state index in [2.05, 4.69) is 36.6 Å². The molecule has 0 saturated carbocycles. The second-order valence-corrected chi connectivity index (χ2v) is 10.5. The number of hydrogen-bond donors (Lipinski definition) is 2. The Kier molecular flexibility index (Phi) is 10.6. The average Bonchev–Trinajstić information content (AvgIpc) is 3.34. The number of carbonyl (C=O) groups is 4. The maximum atomic E-state index is 13.2. The van der Waals surface area contributed by atoms with E-state index in [4.69, 9.17) is 9.47 Å². The van der Waals surface area contributed by atoms with Crippen molar-refractivity contribution in [2.45, 2.75) is 46.2 Å². The number of esters is 2. The monoisotopic (exact) mass is 666 g/mol. The number of amides is 2. The third-order valence-corrected chi connectivity index (χ3v) is 6.99. The van der Waals surface area contributed by atoms with E-state index in [0.717, 1.165) is 10.2 Å². The zero-order valence-electron chi connectivity index (χ0n) is 24.3. The van der Waals surface area contributed by atoms with Crippen LogP contribution in [0.4, 0.5) is 5.69 Å². The van der Waals surface area contributed by atoms with Gasteiger partial charge in [0.25, 0.3) is 11.5 Å². The van der Waals surface area contributed by atoms with E-state index in [9.17, 15) is 24.0 Å². The third kappa shape index (κ3) is 7.75. The van der Waals surface area contributed by atoms with Crippen LogP contribution in [-0.2, 0) is 30.4 Å². The minimum absolute atomic E-state index is 0.0160. The number of carbonyl (C=O) groups excluding carboxylic acids is 4. The number of anilines is 1. The Morgan fingerprint density at radius 1 is 0.977 bits per heavy atom. The number of ether oxygens (including phenoxy) is 2. The van der Waals surface area contributed by atoms with Gasteiger partial charge in [-0.2, -0.15) is 5.10 Å². The fourth-order valence-corrected chi connectivity index (χ4v) is 4.63. The van der Waals surface area contributed by atoms with Gasteiger partial charge in [-0.25, -0.2) is 14.5 Å². The van der Waals surface area contributed by atoms with Crippen molar-refractivity contribution in [3.8, 4) is 5.69 Å². The van der Waals surface area contributed by atoms with Crippen LogP contribution in [0.2, 0.25) is 0 Å². The summed E-state index contributed by atoms with van der Waals surface area (Å²) in [5.74, 6) is -2.19. The van der Waals surface area contributed by atoms with Gasteiger partial charge in [0.1, 0.15) is 24.3 Å². The van der Waals surface area contributed by atoms with Gasteiger partial charge in [0.05, 0.1) is 24.6 Å². The Balaban J connectivity index is 1.41. The van der Waals surface area contributed by atoms with Crippen molar-refractivity contribution in [3.63, 3.8) is 0 Å². The van der Waals surface area contributed by atoms with Gasteiger partial charge in [0.15, 0.2) is 5.65 Å². The molecule has 2 aromatic heterocycles. The SMILES string of the molecule is CCOC(=O)CC[C@@H](NC(=O)c1ccc(NC(=O)Cn2cnc3c(c(C)nn3-c3ccc(Br)cc3)c2=O)cc1)C(=O)OCC. The lowest BCUT2D eigenvalue weighted by atomic mass is 10.1. The molecule has 44 heavy (non-hydrogen) atoms. The summed E-state index contributed by atoms with van der Waals surface area (Å²) in [6.45, 7) is 5.05. The predicted molar refractivity (Wildman–Crippen MR) is 164 cm³/mol. The molecule has 4 aromatic rings. The second kappa shape index (κ2) is 14.6. The Labute approximate surface area is 260 Å². The van der Waals surface area contributed by atoms with Crippen molar-refractivity contribution in [3.05, 3.63) is 80.9 Å². The zero-order valence-corrected chi connectivity index (χ0v) is 25.9. The highest BCUT2D eigenvalue weighted by Crippen LogP contribution is 2.19. The van der Waals surface area contributed by atoms with Crippen LogP contribution in [0, 0.1) is 6.92 Å². The molecule has 0 radical (unpaired) electrons. The molecule has 1 atom stereocenters.